The van der Waals surface area contributed by atoms with Gasteiger partial charge in [-0.25, -0.2) is 9.59 Å². The van der Waals surface area contributed by atoms with Gasteiger partial charge < -0.3 is 29.3 Å². The number of aromatic carboxylic acids is 2. The van der Waals surface area contributed by atoms with E-state index in [2.05, 4.69) is 65.8 Å². The number of rotatable bonds is 46. The molecule has 0 aliphatic carbocycles. The first-order valence-electron chi connectivity index (χ1n) is 31.0. The van der Waals surface area contributed by atoms with Crippen LogP contribution in [-0.4, -0.2) is 61.0 Å². The van der Waals surface area contributed by atoms with Gasteiger partial charge in [-0.05, 0) is 63.5 Å². The van der Waals surface area contributed by atoms with Crippen molar-refractivity contribution < 1.29 is 38.9 Å². The summed E-state index contributed by atoms with van der Waals surface area (Å²) in [5.74, 6) is -3.90. The minimum atomic E-state index is -1.36. The molecule has 0 unspecified atom stereocenters. The van der Waals surface area contributed by atoms with Crippen LogP contribution in [0.25, 0.3) is 0 Å². The van der Waals surface area contributed by atoms with E-state index in [1.165, 1.54) is 217 Å². The molecular weight excluding hydrogens is 1060 g/mol. The van der Waals surface area contributed by atoms with E-state index < -0.39 is 23.9 Å². The Morgan fingerprint density at radius 1 is 0.364 bits per heavy atom. The number of carbonyl (C=O) groups excluding carboxylic acids is 4. The largest absolute Gasteiger partial charge is 2.00 e. The molecule has 0 atom stereocenters. The van der Waals surface area contributed by atoms with Crippen LogP contribution in [0.3, 0.4) is 0 Å². The molecule has 8 nitrogen and oxygen atoms in total. The van der Waals surface area contributed by atoms with Gasteiger partial charge in [-0.3, -0.25) is 0 Å². The van der Waals surface area contributed by atoms with Crippen molar-refractivity contribution >= 4 is 47.8 Å². The third kappa shape index (κ3) is 53.0. The molecular formula is C68H112O8Sn. The van der Waals surface area contributed by atoms with Crippen molar-refractivity contribution in [3.8, 4) is 0 Å². The van der Waals surface area contributed by atoms with Gasteiger partial charge in [-0.2, -0.15) is 0 Å². The average molecular weight is 1180 g/mol. The van der Waals surface area contributed by atoms with Crippen LogP contribution in [0, 0.1) is 13.8 Å². The summed E-state index contributed by atoms with van der Waals surface area (Å²) in [4.78, 5) is 46.1. The molecule has 0 amide bonds. The Kier molecular flexibility index (Phi) is 64.1. The molecule has 0 saturated carbocycles. The zero-order valence-corrected chi connectivity index (χ0v) is 52.7. The van der Waals surface area contributed by atoms with Gasteiger partial charge >= 0.3 is 35.8 Å². The molecule has 0 spiro atoms. The fraction of sp³-hybridized carbons (Fsp3) is 0.676. The Balaban J connectivity index is -0.00000109. The maximum Gasteiger partial charge on any atom is 2.00 e. The quantitative estimate of drug-likeness (QED) is 0.0277. The second kappa shape index (κ2) is 63.4. The van der Waals surface area contributed by atoms with Crippen molar-refractivity contribution in [1.82, 2.24) is 0 Å². The Labute approximate surface area is 490 Å². The first kappa shape index (κ1) is 77.8. The number of hydrogen-bond acceptors (Lipinski definition) is 8. The third-order valence-corrected chi connectivity index (χ3v) is 13.2. The number of allylic oxidation sites excluding steroid dienone is 4. The summed E-state index contributed by atoms with van der Waals surface area (Å²) in [6, 6.07) is 12.0. The van der Waals surface area contributed by atoms with Crippen LogP contribution >= 0.6 is 0 Å². The van der Waals surface area contributed by atoms with Gasteiger partial charge in [0.2, 0.25) is 0 Å². The molecule has 0 heterocycles. The van der Waals surface area contributed by atoms with E-state index in [4.69, 9.17) is 9.47 Å². The van der Waals surface area contributed by atoms with Crippen LogP contribution in [0.4, 0.5) is 0 Å². The second-order valence-electron chi connectivity index (χ2n) is 20.3. The third-order valence-electron chi connectivity index (χ3n) is 13.2. The maximum absolute atomic E-state index is 12.0. The van der Waals surface area contributed by atoms with Crippen LogP contribution in [0.1, 0.15) is 326 Å². The molecule has 9 heteroatoms. The van der Waals surface area contributed by atoms with E-state index in [1.807, 2.05) is 0 Å². The van der Waals surface area contributed by atoms with Crippen LogP contribution in [-0.2, 0) is 9.47 Å². The average Bonchev–Trinajstić information content (AvgIpc) is 3.43. The monoisotopic (exact) mass is 1180 g/mol. The van der Waals surface area contributed by atoms with Crippen LogP contribution < -0.4 is 10.2 Å². The van der Waals surface area contributed by atoms with E-state index in [-0.39, 0.29) is 46.2 Å². The molecule has 0 aliphatic rings. The van der Waals surface area contributed by atoms with Gasteiger partial charge in [0, 0.05) is 11.1 Å². The van der Waals surface area contributed by atoms with Gasteiger partial charge in [0.15, 0.2) is 0 Å². The van der Waals surface area contributed by atoms with Crippen molar-refractivity contribution in [3.63, 3.8) is 0 Å². The number of hydrogen-bond donors (Lipinski definition) is 0. The van der Waals surface area contributed by atoms with Crippen LogP contribution in [0.2, 0.25) is 0 Å². The molecule has 0 aliphatic heterocycles. The zero-order valence-electron chi connectivity index (χ0n) is 49.8. The fourth-order valence-electron chi connectivity index (χ4n) is 8.56. The number of carbonyl (C=O) groups is 4. The van der Waals surface area contributed by atoms with Crippen molar-refractivity contribution in [3.05, 3.63) is 109 Å². The van der Waals surface area contributed by atoms with E-state index in [9.17, 15) is 29.4 Å². The summed E-state index contributed by atoms with van der Waals surface area (Å²) >= 11 is 0. The van der Waals surface area contributed by atoms with Crippen molar-refractivity contribution in [2.75, 3.05) is 13.2 Å². The van der Waals surface area contributed by atoms with E-state index in [0.29, 0.717) is 13.2 Å². The Hall–Kier alpha value is -3.40. The molecule has 436 valence electrons. The first-order valence-corrected chi connectivity index (χ1v) is 31.0. The number of benzene rings is 2. The number of carboxylic acids is 2. The van der Waals surface area contributed by atoms with Crippen LogP contribution in [0.5, 0.6) is 0 Å². The Bertz CT molecular complexity index is 1540. The van der Waals surface area contributed by atoms with Gasteiger partial charge in [0.1, 0.15) is 0 Å². The molecule has 2 rings (SSSR count). The Morgan fingerprint density at radius 3 is 0.870 bits per heavy atom. The summed E-state index contributed by atoms with van der Waals surface area (Å²) in [6.45, 7) is 17.1. The molecule has 2 aromatic rings. The SMILES string of the molecule is CC/C=C/CCCCCCCCCCCCCCOC(=O)c1ccccc1C(=O)[O-].CC/C=C/CCCCCCCCCCCCCCOC(=O)c1ccccc1C(=O)[O-].[CH2]CCCCCCC.[CH2]CCCCCCC.[Sn+2]. The summed E-state index contributed by atoms with van der Waals surface area (Å²) in [5.41, 5.74) is -0.116. The molecule has 0 saturated heterocycles. The number of esters is 2. The van der Waals surface area contributed by atoms with Gasteiger partial charge in [-0.1, -0.05) is 308 Å². The van der Waals surface area contributed by atoms with E-state index >= 15 is 0 Å². The molecule has 0 fully saturated rings. The van der Waals surface area contributed by atoms with Crippen molar-refractivity contribution in [2.45, 2.75) is 285 Å². The molecule has 0 aromatic heterocycles. The Morgan fingerprint density at radius 2 is 0.610 bits per heavy atom. The topological polar surface area (TPSA) is 133 Å². The molecule has 0 bridgehead atoms. The predicted octanol–water partition coefficient (Wildman–Crippen LogP) is 18.5. The summed E-state index contributed by atoms with van der Waals surface area (Å²) in [5, 5.41) is 22.1. The van der Waals surface area contributed by atoms with E-state index in [1.54, 1.807) is 24.3 Å². The van der Waals surface area contributed by atoms with E-state index in [0.717, 1.165) is 64.2 Å². The normalized spacial score (nSPS) is 10.7. The van der Waals surface area contributed by atoms with Crippen LogP contribution in [0.15, 0.2) is 72.8 Å². The first-order chi connectivity index (χ1) is 37.2. The summed E-state index contributed by atoms with van der Waals surface area (Å²) in [6.07, 6.45) is 59.7. The molecule has 0 N–H and O–H groups in total. The standard InChI is InChI=1S/2C26H40O4.2C8H17.Sn/c2*1-2-3-4-5-6-7-8-9-10-11-12-13-14-15-16-19-22-30-26(29)24-21-18-17-20-23(24)25(27)28;2*1-3-5-7-8-6-4-2;/h2*3-4,17-18,20-21H,2,5-16,19,22H2,1H3,(H,27,28);2*1,3-8H2,2H3;/q;;;;+2/p-2/b2*4-3+;;;. The minimum absolute atomic E-state index is 0. The smallest absolute Gasteiger partial charge is 0.545 e. The predicted molar refractivity (Wildman–Crippen MR) is 324 cm³/mol. The number of ether oxygens (including phenoxy) is 2. The molecule has 4 radical (unpaired) electrons. The zero-order chi connectivity index (χ0) is 56.2. The van der Waals surface area contributed by atoms with Crippen molar-refractivity contribution in [2.24, 2.45) is 0 Å². The van der Waals surface area contributed by atoms with Crippen molar-refractivity contribution in [1.29, 1.82) is 0 Å². The van der Waals surface area contributed by atoms with Gasteiger partial charge in [0.25, 0.3) is 0 Å². The van der Waals surface area contributed by atoms with Gasteiger partial charge in [0.05, 0.1) is 36.3 Å². The summed E-state index contributed by atoms with van der Waals surface area (Å²) in [7, 11) is 0. The second-order valence-corrected chi connectivity index (χ2v) is 20.3. The number of unbranched alkanes of at least 4 members (excludes halogenated alkanes) is 34. The summed E-state index contributed by atoms with van der Waals surface area (Å²) < 4.78 is 10.4. The molecule has 2 aromatic carbocycles. The number of carboxylic acid groups (broad SMARTS) is 2. The maximum atomic E-state index is 12.0. The fourth-order valence-corrected chi connectivity index (χ4v) is 8.56. The minimum Gasteiger partial charge on any atom is -0.545 e. The van der Waals surface area contributed by atoms with Gasteiger partial charge in [-0.15, -0.1) is 0 Å². The molecule has 77 heavy (non-hydrogen) atoms.